The number of anilines is 2. The van der Waals surface area contributed by atoms with E-state index in [1.807, 2.05) is 0 Å². The van der Waals surface area contributed by atoms with Gasteiger partial charge in [-0.25, -0.2) is 0 Å². The van der Waals surface area contributed by atoms with Crippen LogP contribution in [-0.2, 0) is 15.8 Å². The SMILES string of the molecule is O=C(Nc1ccc(NC(=O)C2CCCN(C(=O)C3CC3)C2)c(C(F)(F)F)c1)c1ccoc1. The van der Waals surface area contributed by atoms with E-state index >= 15 is 0 Å². The number of carbonyl (C=O) groups is 3. The second kappa shape index (κ2) is 8.68. The Balaban J connectivity index is 1.47. The highest BCUT2D eigenvalue weighted by molar-refractivity contribution is 6.04. The summed E-state index contributed by atoms with van der Waals surface area (Å²) in [4.78, 5) is 38.7. The molecule has 2 heterocycles. The molecule has 2 fully saturated rings. The second-order valence-corrected chi connectivity index (χ2v) is 8.11. The van der Waals surface area contributed by atoms with Crippen molar-refractivity contribution in [3.8, 4) is 0 Å². The van der Waals surface area contributed by atoms with E-state index in [1.54, 1.807) is 4.90 Å². The predicted octanol–water partition coefficient (Wildman–Crippen LogP) is 4.14. The molecule has 7 nitrogen and oxygen atoms in total. The zero-order chi connectivity index (χ0) is 22.9. The number of furan rings is 1. The summed E-state index contributed by atoms with van der Waals surface area (Å²) in [6.45, 7) is 0.777. The first-order chi connectivity index (χ1) is 15.2. The lowest BCUT2D eigenvalue weighted by atomic mass is 9.96. The minimum atomic E-state index is -4.75. The van der Waals surface area contributed by atoms with E-state index in [1.165, 1.54) is 24.7 Å². The molecule has 1 saturated heterocycles. The van der Waals surface area contributed by atoms with Gasteiger partial charge < -0.3 is 20.0 Å². The molecule has 1 aliphatic carbocycles. The molecular weight excluding hydrogens is 427 g/mol. The quantitative estimate of drug-likeness (QED) is 0.718. The smallest absolute Gasteiger partial charge is 0.418 e. The Morgan fingerprint density at radius 3 is 2.47 bits per heavy atom. The van der Waals surface area contributed by atoms with Crippen LogP contribution >= 0.6 is 0 Å². The van der Waals surface area contributed by atoms with Gasteiger partial charge in [0.05, 0.1) is 29.0 Å². The zero-order valence-corrected chi connectivity index (χ0v) is 17.1. The Morgan fingerprint density at radius 1 is 1.03 bits per heavy atom. The molecule has 2 aromatic rings. The Labute approximate surface area is 181 Å². The van der Waals surface area contributed by atoms with E-state index in [9.17, 15) is 27.6 Å². The van der Waals surface area contributed by atoms with Crippen molar-refractivity contribution in [2.24, 2.45) is 11.8 Å². The van der Waals surface area contributed by atoms with Crippen LogP contribution in [0.3, 0.4) is 0 Å². The van der Waals surface area contributed by atoms with E-state index in [4.69, 9.17) is 4.42 Å². The van der Waals surface area contributed by atoms with Gasteiger partial charge >= 0.3 is 6.18 Å². The molecule has 1 aromatic carbocycles. The number of likely N-dealkylation sites (tertiary alicyclic amines) is 1. The highest BCUT2D eigenvalue weighted by Gasteiger charge is 2.38. The number of hydrogen-bond donors (Lipinski definition) is 2. The minimum absolute atomic E-state index is 0.0243. The van der Waals surface area contributed by atoms with E-state index in [0.717, 1.165) is 25.0 Å². The van der Waals surface area contributed by atoms with Crippen molar-refractivity contribution >= 4 is 29.1 Å². The monoisotopic (exact) mass is 449 g/mol. The number of nitrogens with zero attached hydrogens (tertiary/aromatic N) is 1. The third-order valence-electron chi connectivity index (χ3n) is 5.65. The van der Waals surface area contributed by atoms with Crippen LogP contribution < -0.4 is 10.6 Å². The largest absolute Gasteiger partial charge is 0.472 e. The van der Waals surface area contributed by atoms with Gasteiger partial charge in [-0.2, -0.15) is 13.2 Å². The highest BCUT2D eigenvalue weighted by atomic mass is 19.4. The minimum Gasteiger partial charge on any atom is -0.472 e. The summed E-state index contributed by atoms with van der Waals surface area (Å²) >= 11 is 0. The summed E-state index contributed by atoms with van der Waals surface area (Å²) in [5.41, 5.74) is -1.37. The molecule has 10 heteroatoms. The van der Waals surface area contributed by atoms with Crippen molar-refractivity contribution in [1.82, 2.24) is 4.90 Å². The lowest BCUT2D eigenvalue weighted by Crippen LogP contribution is -2.44. The van der Waals surface area contributed by atoms with Gasteiger partial charge in [-0.1, -0.05) is 0 Å². The molecule has 0 radical (unpaired) electrons. The average Bonchev–Trinajstić information content (AvgIpc) is 3.46. The molecule has 1 unspecified atom stereocenters. The maximum atomic E-state index is 13.7. The molecule has 1 atom stereocenters. The number of rotatable bonds is 5. The van der Waals surface area contributed by atoms with E-state index in [-0.39, 0.29) is 29.6 Å². The summed E-state index contributed by atoms with van der Waals surface area (Å²) in [5.74, 6) is -1.70. The second-order valence-electron chi connectivity index (χ2n) is 8.11. The first kappa shape index (κ1) is 21.9. The van der Waals surface area contributed by atoms with Crippen LogP contribution in [0.4, 0.5) is 24.5 Å². The molecule has 170 valence electrons. The predicted molar refractivity (Wildman–Crippen MR) is 109 cm³/mol. The molecule has 2 N–H and O–H groups in total. The molecule has 4 rings (SSSR count). The summed E-state index contributed by atoms with van der Waals surface area (Å²) in [6, 6.07) is 4.56. The third kappa shape index (κ3) is 4.95. The fourth-order valence-electron chi connectivity index (χ4n) is 3.78. The standard InChI is InChI=1S/C22H22F3N3O4/c23-22(24,25)17-10-16(26-20(30)15-7-9-32-12-15)5-6-18(17)27-19(29)14-2-1-8-28(11-14)21(31)13-3-4-13/h5-7,9-10,12-14H,1-4,8,11H2,(H,26,30)(H,27,29). The molecule has 0 spiro atoms. The summed E-state index contributed by atoms with van der Waals surface area (Å²) in [6.07, 6.45) is 0.534. The van der Waals surface area contributed by atoms with Gasteiger partial charge in [0, 0.05) is 24.7 Å². The van der Waals surface area contributed by atoms with Crippen molar-refractivity contribution in [3.05, 3.63) is 47.9 Å². The number of halogens is 3. The number of hydrogen-bond acceptors (Lipinski definition) is 4. The van der Waals surface area contributed by atoms with Crippen LogP contribution in [0.15, 0.2) is 41.2 Å². The summed E-state index contributed by atoms with van der Waals surface area (Å²) < 4.78 is 45.8. The fourth-order valence-corrected chi connectivity index (χ4v) is 3.78. The molecule has 0 bridgehead atoms. The fraction of sp³-hybridized carbons (Fsp3) is 0.409. The highest BCUT2D eigenvalue weighted by Crippen LogP contribution is 2.37. The van der Waals surface area contributed by atoms with E-state index in [0.29, 0.717) is 19.4 Å². The number of alkyl halides is 3. The number of piperidine rings is 1. The van der Waals surface area contributed by atoms with Gasteiger partial charge in [0.15, 0.2) is 0 Å². The first-order valence-corrected chi connectivity index (χ1v) is 10.4. The zero-order valence-electron chi connectivity index (χ0n) is 17.1. The molecular formula is C22H22F3N3O4. The Morgan fingerprint density at radius 2 is 1.81 bits per heavy atom. The molecule has 1 aliphatic heterocycles. The maximum Gasteiger partial charge on any atom is 0.418 e. The lowest BCUT2D eigenvalue weighted by molar-refractivity contribution is -0.137. The topological polar surface area (TPSA) is 91.7 Å². The van der Waals surface area contributed by atoms with E-state index in [2.05, 4.69) is 10.6 Å². The van der Waals surface area contributed by atoms with Crippen LogP contribution in [0, 0.1) is 11.8 Å². The molecule has 1 saturated carbocycles. The van der Waals surface area contributed by atoms with Gasteiger partial charge in [-0.05, 0) is 49.9 Å². The van der Waals surface area contributed by atoms with Crippen LogP contribution in [0.25, 0.3) is 0 Å². The van der Waals surface area contributed by atoms with Crippen molar-refractivity contribution in [2.45, 2.75) is 31.9 Å². The third-order valence-corrected chi connectivity index (χ3v) is 5.65. The van der Waals surface area contributed by atoms with Crippen LogP contribution in [0.1, 0.15) is 41.6 Å². The molecule has 1 aromatic heterocycles. The first-order valence-electron chi connectivity index (χ1n) is 10.4. The van der Waals surface area contributed by atoms with Gasteiger partial charge in [-0.15, -0.1) is 0 Å². The van der Waals surface area contributed by atoms with Crippen LogP contribution in [0.2, 0.25) is 0 Å². The van der Waals surface area contributed by atoms with Crippen molar-refractivity contribution in [3.63, 3.8) is 0 Å². The van der Waals surface area contributed by atoms with Crippen LogP contribution in [0.5, 0.6) is 0 Å². The van der Waals surface area contributed by atoms with Gasteiger partial charge in [0.1, 0.15) is 6.26 Å². The lowest BCUT2D eigenvalue weighted by Gasteiger charge is -2.32. The van der Waals surface area contributed by atoms with Crippen LogP contribution in [-0.4, -0.2) is 35.7 Å². The van der Waals surface area contributed by atoms with Gasteiger partial charge in [-0.3, -0.25) is 14.4 Å². The summed E-state index contributed by atoms with van der Waals surface area (Å²) in [7, 11) is 0. The van der Waals surface area contributed by atoms with Gasteiger partial charge in [0.2, 0.25) is 11.8 Å². The molecule has 3 amide bonds. The maximum absolute atomic E-state index is 13.7. The Bertz CT molecular complexity index is 1020. The Hall–Kier alpha value is -3.30. The molecule has 2 aliphatic rings. The normalized spacial score (nSPS) is 18.8. The van der Waals surface area contributed by atoms with Crippen molar-refractivity contribution in [1.29, 1.82) is 0 Å². The van der Waals surface area contributed by atoms with Gasteiger partial charge in [0.25, 0.3) is 5.91 Å². The van der Waals surface area contributed by atoms with Crippen molar-refractivity contribution < 1.29 is 32.0 Å². The number of nitrogens with one attached hydrogen (secondary N) is 2. The van der Waals surface area contributed by atoms with E-state index < -0.39 is 35.2 Å². The number of benzene rings is 1. The Kier molecular flexibility index (Phi) is 5.94. The number of carbonyl (C=O) groups excluding carboxylic acids is 3. The molecule has 32 heavy (non-hydrogen) atoms. The number of amides is 3. The average molecular weight is 449 g/mol. The van der Waals surface area contributed by atoms with Crippen molar-refractivity contribution in [2.75, 3.05) is 23.7 Å². The summed E-state index contributed by atoms with van der Waals surface area (Å²) in [5, 5.41) is 4.75.